The number of ether oxygens (including phenoxy) is 2. The van der Waals surface area contributed by atoms with Crippen LogP contribution in [0.5, 0.6) is 0 Å². The molecule has 1 aromatic rings. The highest BCUT2D eigenvalue weighted by molar-refractivity contribution is 5.92. The summed E-state index contributed by atoms with van der Waals surface area (Å²) < 4.78 is 16.4. The number of furan rings is 1. The molecule has 2 aliphatic carbocycles. The Kier molecular flexibility index (Phi) is 3.63. The maximum absolute atomic E-state index is 12.4. The van der Waals surface area contributed by atoms with E-state index in [2.05, 4.69) is 20.1 Å². The van der Waals surface area contributed by atoms with Crippen molar-refractivity contribution in [2.45, 2.75) is 44.8 Å². The van der Waals surface area contributed by atoms with Gasteiger partial charge >= 0.3 is 11.9 Å². The van der Waals surface area contributed by atoms with Crippen LogP contribution in [0.2, 0.25) is 0 Å². The molecule has 5 unspecified atom stereocenters. The van der Waals surface area contributed by atoms with Gasteiger partial charge in [-0.15, -0.1) is 0 Å². The van der Waals surface area contributed by atoms with Gasteiger partial charge in [-0.25, -0.2) is 9.59 Å². The van der Waals surface area contributed by atoms with Crippen molar-refractivity contribution in [1.82, 2.24) is 0 Å². The second-order valence-electron chi connectivity index (χ2n) is 7.72. The van der Waals surface area contributed by atoms with Crippen molar-refractivity contribution < 1.29 is 23.5 Å². The van der Waals surface area contributed by atoms with E-state index in [-0.39, 0.29) is 29.3 Å². The van der Waals surface area contributed by atoms with Gasteiger partial charge in [0.2, 0.25) is 0 Å². The number of hydrogen-bond acceptors (Lipinski definition) is 5. The van der Waals surface area contributed by atoms with Gasteiger partial charge in [-0.2, -0.15) is 0 Å². The molecule has 5 nitrogen and oxygen atoms in total. The summed E-state index contributed by atoms with van der Waals surface area (Å²) in [7, 11) is 0. The number of fused-ring (bicyclic) bond motifs is 3. The molecule has 2 heterocycles. The lowest BCUT2D eigenvalue weighted by atomic mass is 9.54. The molecular formula is C20H22O5. The van der Waals surface area contributed by atoms with Gasteiger partial charge in [-0.05, 0) is 37.2 Å². The molecule has 0 aromatic carbocycles. The van der Waals surface area contributed by atoms with Crippen molar-refractivity contribution in [2.75, 3.05) is 0 Å². The van der Waals surface area contributed by atoms with E-state index >= 15 is 0 Å². The summed E-state index contributed by atoms with van der Waals surface area (Å²) >= 11 is 0. The van der Waals surface area contributed by atoms with Crippen molar-refractivity contribution in [3.63, 3.8) is 0 Å². The number of carbonyl (C=O) groups excluding carboxylic acids is 2. The molecule has 132 valence electrons. The first kappa shape index (κ1) is 16.2. The maximum atomic E-state index is 12.4. The van der Waals surface area contributed by atoms with Crippen LogP contribution in [0.15, 0.2) is 47.3 Å². The SMILES string of the molecule is C=C1C(=O)OC2C1C(OC(=O)c1ccoc1)CC1(C)CCCC(=C)C21. The monoisotopic (exact) mass is 342 g/mol. The summed E-state index contributed by atoms with van der Waals surface area (Å²) in [5, 5.41) is 0. The fourth-order valence-electron chi connectivity index (χ4n) is 4.99. The number of carbonyl (C=O) groups is 2. The zero-order chi connectivity index (χ0) is 17.8. The van der Waals surface area contributed by atoms with Crippen LogP contribution in [0.4, 0.5) is 0 Å². The second-order valence-corrected chi connectivity index (χ2v) is 7.72. The van der Waals surface area contributed by atoms with Gasteiger partial charge in [0.25, 0.3) is 0 Å². The van der Waals surface area contributed by atoms with Gasteiger partial charge in [0.15, 0.2) is 0 Å². The molecule has 0 spiro atoms. The summed E-state index contributed by atoms with van der Waals surface area (Å²) in [6.45, 7) is 10.3. The zero-order valence-electron chi connectivity index (χ0n) is 14.3. The average molecular weight is 342 g/mol. The lowest BCUT2D eigenvalue weighted by Gasteiger charge is -2.52. The minimum atomic E-state index is -0.443. The van der Waals surface area contributed by atoms with Gasteiger partial charge in [-0.1, -0.05) is 25.7 Å². The Balaban J connectivity index is 1.67. The van der Waals surface area contributed by atoms with E-state index in [0.29, 0.717) is 17.6 Å². The van der Waals surface area contributed by atoms with Crippen LogP contribution in [0.1, 0.15) is 43.0 Å². The first-order valence-corrected chi connectivity index (χ1v) is 8.71. The third kappa shape index (κ3) is 2.44. The smallest absolute Gasteiger partial charge is 0.341 e. The van der Waals surface area contributed by atoms with Gasteiger partial charge in [-0.3, -0.25) is 0 Å². The van der Waals surface area contributed by atoms with Gasteiger partial charge in [0.1, 0.15) is 18.5 Å². The number of rotatable bonds is 2. The predicted octanol–water partition coefficient (Wildman–Crippen LogP) is 3.67. The summed E-state index contributed by atoms with van der Waals surface area (Å²) in [4.78, 5) is 24.6. The highest BCUT2D eigenvalue weighted by atomic mass is 16.6. The van der Waals surface area contributed by atoms with Crippen molar-refractivity contribution >= 4 is 11.9 Å². The Morgan fingerprint density at radius 1 is 1.40 bits per heavy atom. The highest BCUT2D eigenvalue weighted by Crippen LogP contribution is 2.57. The van der Waals surface area contributed by atoms with Crippen LogP contribution in [-0.4, -0.2) is 24.1 Å². The molecule has 5 atom stereocenters. The van der Waals surface area contributed by atoms with E-state index in [1.807, 2.05) is 0 Å². The van der Waals surface area contributed by atoms with E-state index in [9.17, 15) is 9.59 Å². The van der Waals surface area contributed by atoms with Crippen LogP contribution in [0.25, 0.3) is 0 Å². The summed E-state index contributed by atoms with van der Waals surface area (Å²) in [5.74, 6) is -1.04. The van der Waals surface area contributed by atoms with Crippen LogP contribution in [-0.2, 0) is 14.3 Å². The van der Waals surface area contributed by atoms with Crippen molar-refractivity contribution in [2.24, 2.45) is 17.3 Å². The minimum Gasteiger partial charge on any atom is -0.472 e. The maximum Gasteiger partial charge on any atom is 0.341 e. The molecule has 0 amide bonds. The van der Waals surface area contributed by atoms with Crippen LogP contribution in [0, 0.1) is 17.3 Å². The van der Waals surface area contributed by atoms with E-state index in [4.69, 9.17) is 13.9 Å². The minimum absolute atomic E-state index is 0.0945. The third-order valence-electron chi connectivity index (χ3n) is 6.11. The zero-order valence-corrected chi connectivity index (χ0v) is 14.3. The fraction of sp³-hybridized carbons (Fsp3) is 0.500. The van der Waals surface area contributed by atoms with Crippen LogP contribution in [0.3, 0.4) is 0 Å². The molecule has 2 saturated carbocycles. The number of hydrogen-bond donors (Lipinski definition) is 0. The fourth-order valence-corrected chi connectivity index (χ4v) is 4.99. The largest absolute Gasteiger partial charge is 0.472 e. The van der Waals surface area contributed by atoms with Crippen LogP contribution < -0.4 is 0 Å². The van der Waals surface area contributed by atoms with E-state index in [1.54, 1.807) is 6.07 Å². The Labute approximate surface area is 146 Å². The lowest BCUT2D eigenvalue weighted by molar-refractivity contribution is -0.149. The Hall–Kier alpha value is -2.30. The standard InChI is InChI=1S/C20H22O5/c1-11-5-4-7-20(3)9-14(24-19(22)13-6-8-23-10-13)15-12(2)18(21)25-17(15)16(11)20/h6,8,10,14-17H,1-2,4-5,7,9H2,3H3. The second kappa shape index (κ2) is 5.61. The molecule has 25 heavy (non-hydrogen) atoms. The average Bonchev–Trinajstić information content (AvgIpc) is 3.16. The molecule has 1 saturated heterocycles. The van der Waals surface area contributed by atoms with Gasteiger partial charge in [0.05, 0.1) is 17.7 Å². The summed E-state index contributed by atoms with van der Waals surface area (Å²) in [6.07, 6.45) is 5.71. The molecule has 1 aromatic heterocycles. The summed E-state index contributed by atoms with van der Waals surface area (Å²) in [5.41, 5.74) is 1.80. The van der Waals surface area contributed by atoms with Crippen LogP contribution >= 0.6 is 0 Å². The number of esters is 2. The van der Waals surface area contributed by atoms with E-state index in [0.717, 1.165) is 24.8 Å². The molecular weight excluding hydrogens is 320 g/mol. The Morgan fingerprint density at radius 2 is 2.20 bits per heavy atom. The molecule has 0 radical (unpaired) electrons. The Morgan fingerprint density at radius 3 is 2.92 bits per heavy atom. The van der Waals surface area contributed by atoms with E-state index < -0.39 is 12.1 Å². The molecule has 3 fully saturated rings. The molecule has 4 rings (SSSR count). The van der Waals surface area contributed by atoms with Gasteiger partial charge in [0, 0.05) is 11.5 Å². The quantitative estimate of drug-likeness (QED) is 0.466. The first-order valence-electron chi connectivity index (χ1n) is 8.71. The third-order valence-corrected chi connectivity index (χ3v) is 6.11. The van der Waals surface area contributed by atoms with Crippen molar-refractivity contribution in [1.29, 1.82) is 0 Å². The predicted molar refractivity (Wildman–Crippen MR) is 89.6 cm³/mol. The topological polar surface area (TPSA) is 65.7 Å². The summed E-state index contributed by atoms with van der Waals surface area (Å²) in [6, 6.07) is 1.57. The van der Waals surface area contributed by atoms with Gasteiger partial charge < -0.3 is 13.9 Å². The molecule has 1 aliphatic heterocycles. The molecule has 0 bridgehead atoms. The molecule has 5 heteroatoms. The molecule has 3 aliphatic rings. The molecule has 0 N–H and O–H groups in total. The van der Waals surface area contributed by atoms with E-state index in [1.165, 1.54) is 12.5 Å². The normalized spacial score (nSPS) is 37.2. The Bertz CT molecular complexity index is 746. The highest BCUT2D eigenvalue weighted by Gasteiger charge is 2.59. The lowest BCUT2D eigenvalue weighted by Crippen LogP contribution is -2.53. The van der Waals surface area contributed by atoms with Crippen molar-refractivity contribution in [3.8, 4) is 0 Å². The van der Waals surface area contributed by atoms with Crippen molar-refractivity contribution in [3.05, 3.63) is 48.5 Å². The first-order chi connectivity index (χ1) is 11.9.